The molecule has 1 N–H and O–H groups in total. The van der Waals surface area contributed by atoms with Gasteiger partial charge in [0.2, 0.25) is 0 Å². The monoisotopic (exact) mass is 241 g/mol. The van der Waals surface area contributed by atoms with Crippen LogP contribution in [0.5, 0.6) is 0 Å². The molecule has 0 heterocycles. The number of rotatable bonds is 5. The SMILES string of the molecule is CCCSc1cc(C)c(F)cc1C(C)NC. The number of benzene rings is 1. The average Bonchev–Trinajstić information content (AvgIpc) is 2.29. The van der Waals surface area contributed by atoms with E-state index in [2.05, 4.69) is 19.2 Å². The zero-order valence-corrected chi connectivity index (χ0v) is 11.2. The second kappa shape index (κ2) is 6.26. The maximum Gasteiger partial charge on any atom is 0.126 e. The first-order valence-corrected chi connectivity index (χ1v) is 6.68. The molecule has 1 unspecified atom stereocenters. The fourth-order valence-corrected chi connectivity index (χ4v) is 2.59. The summed E-state index contributed by atoms with van der Waals surface area (Å²) < 4.78 is 13.5. The summed E-state index contributed by atoms with van der Waals surface area (Å²) in [7, 11) is 1.90. The van der Waals surface area contributed by atoms with Crippen molar-refractivity contribution in [3.63, 3.8) is 0 Å². The van der Waals surface area contributed by atoms with Gasteiger partial charge in [-0.25, -0.2) is 4.39 Å². The van der Waals surface area contributed by atoms with Crippen LogP contribution in [0.3, 0.4) is 0 Å². The first-order chi connectivity index (χ1) is 7.60. The summed E-state index contributed by atoms with van der Waals surface area (Å²) in [6, 6.07) is 3.81. The third-order valence-electron chi connectivity index (χ3n) is 2.65. The summed E-state index contributed by atoms with van der Waals surface area (Å²) in [5.41, 5.74) is 1.79. The highest BCUT2D eigenvalue weighted by atomic mass is 32.2. The third-order valence-corrected chi connectivity index (χ3v) is 3.93. The van der Waals surface area contributed by atoms with Crippen molar-refractivity contribution in [2.75, 3.05) is 12.8 Å². The predicted octanol–water partition coefficient (Wildman–Crippen LogP) is 3.92. The molecule has 1 nitrogen and oxygen atoms in total. The van der Waals surface area contributed by atoms with Crippen LogP contribution in [0.15, 0.2) is 17.0 Å². The van der Waals surface area contributed by atoms with Crippen molar-refractivity contribution < 1.29 is 4.39 Å². The minimum Gasteiger partial charge on any atom is -0.313 e. The van der Waals surface area contributed by atoms with E-state index in [1.807, 2.05) is 20.0 Å². The van der Waals surface area contributed by atoms with Crippen molar-refractivity contribution in [3.05, 3.63) is 29.1 Å². The van der Waals surface area contributed by atoms with Crippen LogP contribution in [-0.4, -0.2) is 12.8 Å². The van der Waals surface area contributed by atoms with Gasteiger partial charge in [-0.15, -0.1) is 11.8 Å². The Morgan fingerprint density at radius 1 is 1.44 bits per heavy atom. The van der Waals surface area contributed by atoms with Gasteiger partial charge >= 0.3 is 0 Å². The maximum absolute atomic E-state index is 13.5. The Hall–Kier alpha value is -0.540. The molecular weight excluding hydrogens is 221 g/mol. The molecular formula is C13H20FNS. The minimum absolute atomic E-state index is 0.113. The first kappa shape index (κ1) is 13.5. The van der Waals surface area contributed by atoms with E-state index in [-0.39, 0.29) is 11.9 Å². The minimum atomic E-state index is -0.113. The zero-order chi connectivity index (χ0) is 12.1. The quantitative estimate of drug-likeness (QED) is 0.784. The zero-order valence-electron chi connectivity index (χ0n) is 10.4. The third kappa shape index (κ3) is 3.22. The van der Waals surface area contributed by atoms with E-state index >= 15 is 0 Å². The smallest absolute Gasteiger partial charge is 0.126 e. The van der Waals surface area contributed by atoms with Gasteiger partial charge in [-0.1, -0.05) is 6.92 Å². The second-order valence-corrected chi connectivity index (χ2v) is 5.13. The summed E-state index contributed by atoms with van der Waals surface area (Å²) in [5, 5.41) is 3.16. The van der Waals surface area contributed by atoms with Crippen molar-refractivity contribution in [1.29, 1.82) is 0 Å². The molecule has 0 radical (unpaired) electrons. The molecule has 0 aliphatic heterocycles. The number of aryl methyl sites for hydroxylation is 1. The molecule has 0 saturated heterocycles. The molecule has 0 aliphatic carbocycles. The molecule has 1 aromatic rings. The predicted molar refractivity (Wildman–Crippen MR) is 69.6 cm³/mol. The Balaban J connectivity index is 3.06. The summed E-state index contributed by atoms with van der Waals surface area (Å²) in [6.45, 7) is 6.03. The lowest BCUT2D eigenvalue weighted by molar-refractivity contribution is 0.594. The molecule has 0 fully saturated rings. The summed E-state index contributed by atoms with van der Waals surface area (Å²) in [5.74, 6) is 0.965. The van der Waals surface area contributed by atoms with Crippen molar-refractivity contribution in [1.82, 2.24) is 5.32 Å². The summed E-state index contributed by atoms with van der Waals surface area (Å²) in [6.07, 6.45) is 1.13. The van der Waals surface area contributed by atoms with Gasteiger partial charge in [0.1, 0.15) is 5.82 Å². The van der Waals surface area contributed by atoms with Gasteiger partial charge in [-0.3, -0.25) is 0 Å². The van der Waals surface area contributed by atoms with Gasteiger partial charge in [0.25, 0.3) is 0 Å². The van der Waals surface area contributed by atoms with Gasteiger partial charge in [-0.05, 0) is 56.3 Å². The van der Waals surface area contributed by atoms with Crippen LogP contribution < -0.4 is 5.32 Å². The molecule has 1 aromatic carbocycles. The van der Waals surface area contributed by atoms with Gasteiger partial charge in [0.05, 0.1) is 0 Å². The second-order valence-electron chi connectivity index (χ2n) is 4.00. The molecule has 1 rings (SSSR count). The molecule has 1 atom stereocenters. The Labute approximate surface area is 102 Å². The van der Waals surface area contributed by atoms with E-state index in [1.54, 1.807) is 17.8 Å². The summed E-state index contributed by atoms with van der Waals surface area (Å²) in [4.78, 5) is 1.20. The topological polar surface area (TPSA) is 12.0 Å². The van der Waals surface area contributed by atoms with E-state index in [1.165, 1.54) is 4.90 Å². The molecule has 0 spiro atoms. The Bertz CT molecular complexity index is 352. The van der Waals surface area contributed by atoms with E-state index in [4.69, 9.17) is 0 Å². The lowest BCUT2D eigenvalue weighted by Crippen LogP contribution is -2.13. The highest BCUT2D eigenvalue weighted by Gasteiger charge is 2.12. The highest BCUT2D eigenvalue weighted by molar-refractivity contribution is 7.99. The van der Waals surface area contributed by atoms with Crippen molar-refractivity contribution in [2.45, 2.75) is 38.1 Å². The van der Waals surface area contributed by atoms with Crippen molar-refractivity contribution in [3.8, 4) is 0 Å². The van der Waals surface area contributed by atoms with Crippen LogP contribution in [0.25, 0.3) is 0 Å². The Morgan fingerprint density at radius 2 is 2.12 bits per heavy atom. The highest BCUT2D eigenvalue weighted by Crippen LogP contribution is 2.30. The largest absolute Gasteiger partial charge is 0.313 e. The Morgan fingerprint density at radius 3 is 2.69 bits per heavy atom. The van der Waals surface area contributed by atoms with Crippen LogP contribution in [0, 0.1) is 12.7 Å². The van der Waals surface area contributed by atoms with E-state index in [0.29, 0.717) is 0 Å². The molecule has 0 aromatic heterocycles. The number of hydrogen-bond acceptors (Lipinski definition) is 2. The molecule has 0 amide bonds. The van der Waals surface area contributed by atoms with Crippen LogP contribution in [0.2, 0.25) is 0 Å². The Kier molecular flexibility index (Phi) is 5.29. The van der Waals surface area contributed by atoms with Gasteiger partial charge in [0, 0.05) is 10.9 Å². The maximum atomic E-state index is 13.5. The number of halogens is 1. The summed E-state index contributed by atoms with van der Waals surface area (Å²) >= 11 is 1.81. The van der Waals surface area contributed by atoms with E-state index < -0.39 is 0 Å². The van der Waals surface area contributed by atoms with Crippen LogP contribution in [0.1, 0.15) is 37.4 Å². The van der Waals surface area contributed by atoms with Gasteiger partial charge < -0.3 is 5.32 Å². The fraction of sp³-hybridized carbons (Fsp3) is 0.538. The number of thioether (sulfide) groups is 1. The first-order valence-electron chi connectivity index (χ1n) is 5.70. The van der Waals surface area contributed by atoms with Crippen LogP contribution >= 0.6 is 11.8 Å². The normalized spacial score (nSPS) is 12.8. The van der Waals surface area contributed by atoms with Crippen LogP contribution in [0.4, 0.5) is 4.39 Å². The van der Waals surface area contributed by atoms with Crippen molar-refractivity contribution >= 4 is 11.8 Å². The van der Waals surface area contributed by atoms with Crippen LogP contribution in [-0.2, 0) is 0 Å². The van der Waals surface area contributed by atoms with E-state index in [0.717, 1.165) is 23.3 Å². The molecule has 90 valence electrons. The van der Waals surface area contributed by atoms with Gasteiger partial charge in [-0.2, -0.15) is 0 Å². The molecule has 0 bridgehead atoms. The lowest BCUT2D eigenvalue weighted by Gasteiger charge is -2.16. The molecule has 16 heavy (non-hydrogen) atoms. The molecule has 0 saturated carbocycles. The lowest BCUT2D eigenvalue weighted by atomic mass is 10.1. The standard InChI is InChI=1S/C13H20FNS/c1-5-6-16-13-7-9(2)12(14)8-11(13)10(3)15-4/h7-8,10,15H,5-6H2,1-4H3. The van der Waals surface area contributed by atoms with E-state index in [9.17, 15) is 4.39 Å². The molecule has 0 aliphatic rings. The number of hydrogen-bond donors (Lipinski definition) is 1. The average molecular weight is 241 g/mol. The molecule has 3 heteroatoms. The number of nitrogens with one attached hydrogen (secondary N) is 1. The van der Waals surface area contributed by atoms with Crippen molar-refractivity contribution in [2.24, 2.45) is 0 Å². The van der Waals surface area contributed by atoms with Gasteiger partial charge in [0.15, 0.2) is 0 Å². The fourth-order valence-electron chi connectivity index (χ4n) is 1.50.